The third kappa shape index (κ3) is 7.11. The summed E-state index contributed by atoms with van der Waals surface area (Å²) in [6.45, 7) is 5.46. The van der Waals surface area contributed by atoms with Gasteiger partial charge in [0.25, 0.3) is 0 Å². The summed E-state index contributed by atoms with van der Waals surface area (Å²) in [5.74, 6) is -0.801. The molecule has 1 atom stereocenters. The summed E-state index contributed by atoms with van der Waals surface area (Å²) in [5, 5.41) is 11.3. The Morgan fingerprint density at radius 1 is 1.39 bits per heavy atom. The number of nitrogens with one attached hydrogen (secondary N) is 1. The Hall–Kier alpha value is -1.30. The van der Waals surface area contributed by atoms with Crippen molar-refractivity contribution in [3.8, 4) is 0 Å². The fraction of sp³-hybridized carbons (Fsp3) is 0.833. The van der Waals surface area contributed by atoms with Gasteiger partial charge in [0.05, 0.1) is 12.6 Å². The molecular formula is C12H24N2O4. The quantitative estimate of drug-likeness (QED) is 0.613. The predicted molar refractivity (Wildman–Crippen MR) is 68.6 cm³/mol. The fourth-order valence-electron chi connectivity index (χ4n) is 1.68. The van der Waals surface area contributed by atoms with Gasteiger partial charge in [-0.3, -0.25) is 4.79 Å². The second-order valence-electron chi connectivity index (χ2n) is 4.17. The minimum Gasteiger partial charge on any atom is -0.481 e. The zero-order valence-electron chi connectivity index (χ0n) is 11.4. The van der Waals surface area contributed by atoms with Crippen molar-refractivity contribution in [1.29, 1.82) is 0 Å². The number of likely N-dealkylation sites (N-methyl/N-ethyl adjacent to an activating group) is 1. The maximum Gasteiger partial charge on any atom is 0.317 e. The average Bonchev–Trinajstić information content (AvgIpc) is 2.29. The number of nitrogens with zero attached hydrogens (tertiary/aromatic N) is 1. The third-order valence-electron chi connectivity index (χ3n) is 2.64. The van der Waals surface area contributed by atoms with Gasteiger partial charge in [0.15, 0.2) is 0 Å². The van der Waals surface area contributed by atoms with Crippen LogP contribution in [0.1, 0.15) is 33.1 Å². The summed E-state index contributed by atoms with van der Waals surface area (Å²) in [6.07, 6.45) is 1.40. The van der Waals surface area contributed by atoms with Gasteiger partial charge in [-0.2, -0.15) is 0 Å². The molecule has 6 nitrogen and oxygen atoms in total. The molecule has 0 saturated carbocycles. The van der Waals surface area contributed by atoms with Crippen LogP contribution in [0.4, 0.5) is 4.79 Å². The Balaban J connectivity index is 3.87. The standard InChI is InChI=1S/C12H24N2O4/c1-4-14(10(2)9-18-3)12(17)13-8-6-5-7-11(15)16/h10H,4-9H2,1-3H3,(H,13,17)(H,15,16). The maximum atomic E-state index is 11.8. The predicted octanol–water partition coefficient (Wildman–Crippen LogP) is 1.31. The van der Waals surface area contributed by atoms with Crippen LogP contribution < -0.4 is 5.32 Å². The van der Waals surface area contributed by atoms with Gasteiger partial charge in [-0.05, 0) is 26.7 Å². The maximum absolute atomic E-state index is 11.8. The number of carbonyl (C=O) groups is 2. The minimum absolute atomic E-state index is 0.0269. The van der Waals surface area contributed by atoms with E-state index in [9.17, 15) is 9.59 Å². The molecule has 0 radical (unpaired) electrons. The topological polar surface area (TPSA) is 78.9 Å². The van der Waals surface area contributed by atoms with E-state index in [1.54, 1.807) is 12.0 Å². The Morgan fingerprint density at radius 3 is 2.56 bits per heavy atom. The van der Waals surface area contributed by atoms with Crippen molar-refractivity contribution >= 4 is 12.0 Å². The minimum atomic E-state index is -0.801. The number of ether oxygens (including phenoxy) is 1. The Bertz CT molecular complexity index is 258. The molecule has 106 valence electrons. The molecule has 0 aromatic rings. The molecule has 0 aromatic carbocycles. The van der Waals surface area contributed by atoms with Gasteiger partial charge in [0.1, 0.15) is 0 Å². The number of amides is 2. The molecule has 2 N–H and O–H groups in total. The van der Waals surface area contributed by atoms with Crippen molar-refractivity contribution in [2.75, 3.05) is 26.8 Å². The van der Waals surface area contributed by atoms with E-state index in [0.717, 1.165) is 0 Å². The summed E-state index contributed by atoms with van der Waals surface area (Å²) in [5.41, 5.74) is 0. The number of unbranched alkanes of at least 4 members (excludes halogenated alkanes) is 1. The van der Waals surface area contributed by atoms with Crippen molar-refractivity contribution in [2.24, 2.45) is 0 Å². The second kappa shape index (κ2) is 9.70. The van der Waals surface area contributed by atoms with Crippen LogP contribution in [0.2, 0.25) is 0 Å². The van der Waals surface area contributed by atoms with Crippen LogP contribution in [0.3, 0.4) is 0 Å². The number of hydrogen-bond acceptors (Lipinski definition) is 3. The average molecular weight is 260 g/mol. The van der Waals surface area contributed by atoms with Crippen molar-refractivity contribution < 1.29 is 19.4 Å². The van der Waals surface area contributed by atoms with Gasteiger partial charge in [0.2, 0.25) is 0 Å². The first-order valence-corrected chi connectivity index (χ1v) is 6.28. The van der Waals surface area contributed by atoms with Crippen LogP contribution in [-0.2, 0) is 9.53 Å². The number of methoxy groups -OCH3 is 1. The van der Waals surface area contributed by atoms with Crippen molar-refractivity contribution in [2.45, 2.75) is 39.2 Å². The summed E-state index contributed by atoms with van der Waals surface area (Å²) >= 11 is 0. The normalized spacial score (nSPS) is 11.9. The Kier molecular flexibility index (Phi) is 9.00. The van der Waals surface area contributed by atoms with Crippen LogP contribution >= 0.6 is 0 Å². The summed E-state index contributed by atoms with van der Waals surface area (Å²) in [7, 11) is 1.61. The monoisotopic (exact) mass is 260 g/mol. The first kappa shape index (κ1) is 16.7. The number of hydrogen-bond donors (Lipinski definition) is 2. The van der Waals surface area contributed by atoms with Gasteiger partial charge >= 0.3 is 12.0 Å². The smallest absolute Gasteiger partial charge is 0.317 e. The summed E-state index contributed by atoms with van der Waals surface area (Å²) in [4.78, 5) is 23.8. The first-order valence-electron chi connectivity index (χ1n) is 6.28. The van der Waals surface area contributed by atoms with Crippen LogP contribution in [0.5, 0.6) is 0 Å². The molecule has 0 aliphatic heterocycles. The lowest BCUT2D eigenvalue weighted by atomic mass is 10.2. The first-order chi connectivity index (χ1) is 8.52. The zero-order chi connectivity index (χ0) is 14.0. The van der Waals surface area contributed by atoms with Crippen molar-refractivity contribution in [3.63, 3.8) is 0 Å². The van der Waals surface area contributed by atoms with E-state index in [2.05, 4.69) is 5.32 Å². The lowest BCUT2D eigenvalue weighted by Crippen LogP contribution is -2.46. The third-order valence-corrected chi connectivity index (χ3v) is 2.64. The van der Waals surface area contributed by atoms with Gasteiger partial charge in [0, 0.05) is 26.6 Å². The molecule has 0 aliphatic carbocycles. The van der Waals surface area contributed by atoms with E-state index in [1.165, 1.54) is 0 Å². The van der Waals surface area contributed by atoms with E-state index in [1.807, 2.05) is 13.8 Å². The van der Waals surface area contributed by atoms with Crippen LogP contribution in [0, 0.1) is 0 Å². The highest BCUT2D eigenvalue weighted by atomic mass is 16.5. The zero-order valence-corrected chi connectivity index (χ0v) is 11.4. The number of carbonyl (C=O) groups excluding carboxylic acids is 1. The van der Waals surface area contributed by atoms with Crippen LogP contribution in [0.25, 0.3) is 0 Å². The number of urea groups is 1. The van der Waals surface area contributed by atoms with E-state index in [4.69, 9.17) is 9.84 Å². The molecule has 0 aliphatic rings. The molecular weight excluding hydrogens is 236 g/mol. The van der Waals surface area contributed by atoms with Gasteiger partial charge < -0.3 is 20.1 Å². The molecule has 1 unspecified atom stereocenters. The lowest BCUT2D eigenvalue weighted by Gasteiger charge is -2.27. The van der Waals surface area contributed by atoms with E-state index >= 15 is 0 Å². The lowest BCUT2D eigenvalue weighted by molar-refractivity contribution is -0.137. The van der Waals surface area contributed by atoms with Gasteiger partial charge in [-0.15, -0.1) is 0 Å². The molecule has 0 bridgehead atoms. The molecule has 0 fully saturated rings. The number of aliphatic carboxylic acids is 1. The SMILES string of the molecule is CCN(C(=O)NCCCCC(=O)O)C(C)COC. The van der Waals surface area contributed by atoms with E-state index in [0.29, 0.717) is 32.5 Å². The molecule has 0 saturated heterocycles. The highest BCUT2D eigenvalue weighted by molar-refractivity contribution is 5.74. The largest absolute Gasteiger partial charge is 0.481 e. The molecule has 2 amide bonds. The Morgan fingerprint density at radius 2 is 2.06 bits per heavy atom. The molecule has 0 rings (SSSR count). The van der Waals surface area contributed by atoms with Crippen LogP contribution in [0.15, 0.2) is 0 Å². The van der Waals surface area contributed by atoms with Crippen LogP contribution in [-0.4, -0.2) is 54.9 Å². The molecule has 0 spiro atoms. The second-order valence-corrected chi connectivity index (χ2v) is 4.17. The van der Waals surface area contributed by atoms with Crippen molar-refractivity contribution in [1.82, 2.24) is 10.2 Å². The summed E-state index contributed by atoms with van der Waals surface area (Å²) < 4.78 is 5.02. The number of carboxylic acid groups (broad SMARTS) is 1. The molecule has 6 heteroatoms. The number of carboxylic acids is 1. The van der Waals surface area contributed by atoms with Gasteiger partial charge in [-0.1, -0.05) is 0 Å². The Labute approximate surface area is 108 Å². The molecule has 0 heterocycles. The number of rotatable bonds is 9. The summed E-state index contributed by atoms with van der Waals surface area (Å²) in [6, 6.07) is -0.101. The van der Waals surface area contributed by atoms with E-state index < -0.39 is 5.97 Å². The molecule has 0 aromatic heterocycles. The highest BCUT2D eigenvalue weighted by Crippen LogP contribution is 2.00. The van der Waals surface area contributed by atoms with Gasteiger partial charge in [-0.25, -0.2) is 4.79 Å². The highest BCUT2D eigenvalue weighted by Gasteiger charge is 2.17. The van der Waals surface area contributed by atoms with Crippen molar-refractivity contribution in [3.05, 3.63) is 0 Å². The molecule has 18 heavy (non-hydrogen) atoms. The van der Waals surface area contributed by atoms with E-state index in [-0.39, 0.29) is 18.5 Å². The fourth-order valence-corrected chi connectivity index (χ4v) is 1.68.